The summed E-state index contributed by atoms with van der Waals surface area (Å²) in [5, 5.41) is 6.66. The van der Waals surface area contributed by atoms with Crippen molar-refractivity contribution < 1.29 is 14.3 Å². The third-order valence-corrected chi connectivity index (χ3v) is 4.37. The smallest absolute Gasteiger partial charge is 0.263 e. The van der Waals surface area contributed by atoms with E-state index in [1.165, 1.54) is 14.2 Å². The summed E-state index contributed by atoms with van der Waals surface area (Å²) in [5.74, 6) is 1.15. The van der Waals surface area contributed by atoms with E-state index in [0.717, 1.165) is 11.3 Å². The van der Waals surface area contributed by atoms with Crippen LogP contribution < -0.4 is 20.1 Å². The molecule has 7 heteroatoms. The number of halogens is 1. The lowest BCUT2D eigenvalue weighted by Gasteiger charge is -2.13. The van der Waals surface area contributed by atoms with Crippen molar-refractivity contribution in [2.75, 3.05) is 24.9 Å². The summed E-state index contributed by atoms with van der Waals surface area (Å²) < 4.78 is 10.6. The van der Waals surface area contributed by atoms with Crippen LogP contribution in [-0.4, -0.2) is 25.1 Å². The largest absolute Gasteiger partial charge is 0.496 e. The summed E-state index contributed by atoms with van der Waals surface area (Å²) in [7, 11) is 3.01. The first-order valence-corrected chi connectivity index (χ1v) is 8.91. The maximum Gasteiger partial charge on any atom is 0.263 e. The summed E-state index contributed by atoms with van der Waals surface area (Å²) >= 11 is 6.04. The second kappa shape index (κ2) is 8.63. The van der Waals surface area contributed by atoms with Gasteiger partial charge in [0.05, 0.1) is 26.1 Å². The average Bonchev–Trinajstić information content (AvgIpc) is 2.71. The number of hydrogen-bond acceptors (Lipinski definition) is 5. The summed E-state index contributed by atoms with van der Waals surface area (Å²) in [6.45, 7) is 1.98. The number of aromatic nitrogens is 1. The highest BCUT2D eigenvalue weighted by atomic mass is 35.5. The van der Waals surface area contributed by atoms with E-state index >= 15 is 0 Å². The lowest BCUT2D eigenvalue weighted by molar-refractivity contribution is 0.102. The third kappa shape index (κ3) is 4.35. The van der Waals surface area contributed by atoms with Crippen LogP contribution in [0, 0.1) is 6.92 Å². The van der Waals surface area contributed by atoms with Gasteiger partial charge in [-0.3, -0.25) is 4.79 Å². The fraction of sp³-hybridized carbons (Fsp3) is 0.143. The number of rotatable bonds is 6. The van der Waals surface area contributed by atoms with Crippen molar-refractivity contribution in [2.24, 2.45) is 0 Å². The summed E-state index contributed by atoms with van der Waals surface area (Å²) in [4.78, 5) is 17.0. The molecule has 1 aromatic heterocycles. The number of carbonyl (C=O) groups is 1. The highest BCUT2D eigenvalue weighted by Gasteiger charge is 2.18. The van der Waals surface area contributed by atoms with Gasteiger partial charge in [-0.05, 0) is 48.9 Å². The number of aryl methyl sites for hydroxylation is 1. The molecule has 0 unspecified atom stereocenters. The van der Waals surface area contributed by atoms with Crippen LogP contribution in [0.25, 0.3) is 0 Å². The topological polar surface area (TPSA) is 72.5 Å². The van der Waals surface area contributed by atoms with Crippen molar-refractivity contribution in [1.29, 1.82) is 0 Å². The number of carbonyl (C=O) groups excluding carboxylic acids is 1. The zero-order valence-corrected chi connectivity index (χ0v) is 16.5. The number of anilines is 3. The Morgan fingerprint density at radius 1 is 1.04 bits per heavy atom. The van der Waals surface area contributed by atoms with Crippen LogP contribution in [0.15, 0.2) is 54.7 Å². The fourth-order valence-corrected chi connectivity index (χ4v) is 2.85. The van der Waals surface area contributed by atoms with Crippen molar-refractivity contribution in [3.63, 3.8) is 0 Å². The molecular weight excluding hydrogens is 378 g/mol. The van der Waals surface area contributed by atoms with E-state index < -0.39 is 0 Å². The quantitative estimate of drug-likeness (QED) is 0.608. The second-order valence-corrected chi connectivity index (χ2v) is 6.44. The van der Waals surface area contributed by atoms with E-state index in [9.17, 15) is 4.79 Å². The normalized spacial score (nSPS) is 10.3. The molecule has 3 rings (SSSR count). The van der Waals surface area contributed by atoms with E-state index in [-0.39, 0.29) is 5.91 Å². The monoisotopic (exact) mass is 397 g/mol. The Hall–Kier alpha value is -3.25. The molecule has 0 aliphatic heterocycles. The molecule has 3 aromatic rings. The van der Waals surface area contributed by atoms with E-state index in [0.29, 0.717) is 33.6 Å². The molecule has 0 saturated heterocycles. The van der Waals surface area contributed by atoms with Crippen molar-refractivity contribution in [1.82, 2.24) is 4.98 Å². The standard InChI is InChI=1S/C21H20ClN3O3/c1-13-7-8-14(22)11-16(13)25-19-10-9-15(12-23-19)24-21(26)20-17(27-2)5-4-6-18(20)28-3/h4-12H,1-3H3,(H,23,25)(H,24,26). The van der Waals surface area contributed by atoms with Crippen molar-refractivity contribution in [2.45, 2.75) is 6.92 Å². The van der Waals surface area contributed by atoms with Crippen LogP contribution in [0.2, 0.25) is 5.02 Å². The molecule has 0 spiro atoms. The molecule has 1 heterocycles. The van der Waals surface area contributed by atoms with Gasteiger partial charge in [0.15, 0.2) is 0 Å². The van der Waals surface area contributed by atoms with Crippen LogP contribution in [-0.2, 0) is 0 Å². The van der Waals surface area contributed by atoms with Crippen molar-refractivity contribution in [3.05, 3.63) is 70.9 Å². The van der Waals surface area contributed by atoms with Gasteiger partial charge in [0, 0.05) is 10.7 Å². The lowest BCUT2D eigenvalue weighted by atomic mass is 10.1. The SMILES string of the molecule is COc1cccc(OC)c1C(=O)Nc1ccc(Nc2cc(Cl)ccc2C)nc1. The molecule has 2 aromatic carbocycles. The molecule has 0 bridgehead atoms. The van der Waals surface area contributed by atoms with E-state index in [1.807, 2.05) is 25.1 Å². The van der Waals surface area contributed by atoms with Gasteiger partial charge >= 0.3 is 0 Å². The predicted octanol–water partition coefficient (Wildman–Crippen LogP) is 5.06. The first-order valence-electron chi connectivity index (χ1n) is 8.53. The van der Waals surface area contributed by atoms with E-state index in [2.05, 4.69) is 15.6 Å². The molecule has 1 amide bonds. The van der Waals surface area contributed by atoms with Crippen LogP contribution in [0.5, 0.6) is 11.5 Å². The van der Waals surface area contributed by atoms with Crippen LogP contribution in [0.1, 0.15) is 15.9 Å². The van der Waals surface area contributed by atoms with Gasteiger partial charge in [-0.25, -0.2) is 4.98 Å². The number of ether oxygens (including phenoxy) is 2. The number of nitrogens with one attached hydrogen (secondary N) is 2. The van der Waals surface area contributed by atoms with Gasteiger partial charge in [-0.15, -0.1) is 0 Å². The number of pyridine rings is 1. The van der Waals surface area contributed by atoms with Gasteiger partial charge in [0.2, 0.25) is 0 Å². The van der Waals surface area contributed by atoms with Gasteiger partial charge in [-0.2, -0.15) is 0 Å². The first kappa shape index (κ1) is 19.5. The van der Waals surface area contributed by atoms with E-state index in [1.54, 1.807) is 36.5 Å². The molecule has 28 heavy (non-hydrogen) atoms. The number of methoxy groups -OCH3 is 2. The molecule has 0 fully saturated rings. The Labute approximate surface area is 168 Å². The maximum atomic E-state index is 12.7. The lowest BCUT2D eigenvalue weighted by Crippen LogP contribution is -2.14. The Morgan fingerprint density at radius 2 is 1.75 bits per heavy atom. The van der Waals surface area contributed by atoms with Gasteiger partial charge in [0.25, 0.3) is 5.91 Å². The fourth-order valence-electron chi connectivity index (χ4n) is 2.68. The van der Waals surface area contributed by atoms with Crippen molar-refractivity contribution >= 4 is 34.7 Å². The number of hydrogen-bond donors (Lipinski definition) is 2. The molecule has 6 nitrogen and oxygen atoms in total. The Kier molecular flexibility index (Phi) is 6.01. The zero-order chi connectivity index (χ0) is 20.1. The third-order valence-electron chi connectivity index (χ3n) is 4.14. The maximum absolute atomic E-state index is 12.7. The Bertz CT molecular complexity index is 968. The van der Waals surface area contributed by atoms with Crippen molar-refractivity contribution in [3.8, 4) is 11.5 Å². The second-order valence-electron chi connectivity index (χ2n) is 6.01. The number of amides is 1. The van der Waals surface area contributed by atoms with Gasteiger partial charge in [0.1, 0.15) is 22.9 Å². The predicted molar refractivity (Wildman–Crippen MR) is 111 cm³/mol. The molecule has 144 valence electrons. The highest BCUT2D eigenvalue weighted by Crippen LogP contribution is 2.29. The zero-order valence-electron chi connectivity index (χ0n) is 15.7. The molecule has 0 radical (unpaired) electrons. The number of nitrogens with zero attached hydrogens (tertiary/aromatic N) is 1. The van der Waals surface area contributed by atoms with Gasteiger partial charge < -0.3 is 20.1 Å². The van der Waals surface area contributed by atoms with Crippen LogP contribution in [0.4, 0.5) is 17.2 Å². The van der Waals surface area contributed by atoms with Crippen LogP contribution in [0.3, 0.4) is 0 Å². The average molecular weight is 398 g/mol. The van der Waals surface area contributed by atoms with E-state index in [4.69, 9.17) is 21.1 Å². The first-order chi connectivity index (χ1) is 13.5. The molecule has 0 aliphatic rings. The highest BCUT2D eigenvalue weighted by molar-refractivity contribution is 6.30. The minimum atomic E-state index is -0.345. The molecule has 0 atom stereocenters. The Balaban J connectivity index is 1.76. The summed E-state index contributed by atoms with van der Waals surface area (Å²) in [5.41, 5.74) is 2.79. The molecular formula is C21H20ClN3O3. The Morgan fingerprint density at radius 3 is 2.36 bits per heavy atom. The van der Waals surface area contributed by atoms with Crippen LogP contribution >= 0.6 is 11.6 Å². The molecule has 0 aliphatic carbocycles. The molecule has 0 saturated carbocycles. The van der Waals surface area contributed by atoms with Gasteiger partial charge in [-0.1, -0.05) is 23.7 Å². The minimum Gasteiger partial charge on any atom is -0.496 e. The summed E-state index contributed by atoms with van der Waals surface area (Å²) in [6, 6.07) is 14.3. The molecule has 2 N–H and O–H groups in total. The summed E-state index contributed by atoms with van der Waals surface area (Å²) in [6.07, 6.45) is 1.57. The number of benzene rings is 2. The minimum absolute atomic E-state index is 0.323.